The van der Waals surface area contributed by atoms with E-state index in [1.54, 1.807) is 18.7 Å². The van der Waals surface area contributed by atoms with Crippen LogP contribution in [0, 0.1) is 12.7 Å². The molecule has 5 nitrogen and oxygen atoms in total. The second-order valence-corrected chi connectivity index (χ2v) is 5.13. The van der Waals surface area contributed by atoms with Crippen molar-refractivity contribution >= 4 is 22.7 Å². The maximum atomic E-state index is 13.6. The average molecular weight is 275 g/mol. The fourth-order valence-electron chi connectivity index (χ4n) is 2.84. The highest BCUT2D eigenvalue weighted by molar-refractivity contribution is 6.02. The molecule has 1 aliphatic rings. The Balaban J connectivity index is 2.17. The molecule has 104 valence electrons. The number of rotatable bonds is 1. The van der Waals surface area contributed by atoms with Gasteiger partial charge in [-0.1, -0.05) is 0 Å². The van der Waals surface area contributed by atoms with Crippen LogP contribution in [0.25, 0.3) is 10.9 Å². The number of amides is 2. The fourth-order valence-corrected chi connectivity index (χ4v) is 2.84. The average Bonchev–Trinajstić information content (AvgIpc) is 2.66. The molecule has 0 spiro atoms. The van der Waals surface area contributed by atoms with Crippen molar-refractivity contribution in [2.24, 2.45) is 7.05 Å². The lowest BCUT2D eigenvalue weighted by Crippen LogP contribution is -2.39. The summed E-state index contributed by atoms with van der Waals surface area (Å²) in [5.41, 5.74) is 2.12. The fraction of sp³-hybridized carbons (Fsp3) is 0.357. The molecule has 1 N–H and O–H groups in total. The summed E-state index contributed by atoms with van der Waals surface area (Å²) < 4.78 is 15.3. The number of nitrogens with zero attached hydrogens (tertiary/aromatic N) is 2. The minimum Gasteiger partial charge on any atom is -0.296 e. The van der Waals surface area contributed by atoms with Gasteiger partial charge in [-0.15, -0.1) is 0 Å². The number of carbonyl (C=O) groups excluding carboxylic acids is 2. The Hall–Kier alpha value is -2.24. The molecule has 2 amide bonds. The van der Waals surface area contributed by atoms with Crippen LogP contribution in [0.4, 0.5) is 4.39 Å². The third-order valence-corrected chi connectivity index (χ3v) is 3.69. The third kappa shape index (κ3) is 1.88. The van der Waals surface area contributed by atoms with Gasteiger partial charge in [0.2, 0.25) is 11.8 Å². The predicted octanol–water partition coefficient (Wildman–Crippen LogP) is 1.54. The van der Waals surface area contributed by atoms with Gasteiger partial charge in [0.1, 0.15) is 5.82 Å². The molecule has 0 bridgehead atoms. The molecule has 0 aliphatic carbocycles. The van der Waals surface area contributed by atoms with E-state index in [1.807, 2.05) is 0 Å². The quantitative estimate of drug-likeness (QED) is 0.803. The smallest absolute Gasteiger partial charge is 0.235 e. The number of hydrogen-bond acceptors (Lipinski definition) is 3. The first kappa shape index (κ1) is 12.8. The zero-order valence-corrected chi connectivity index (χ0v) is 11.2. The van der Waals surface area contributed by atoms with Crippen molar-refractivity contribution < 1.29 is 14.0 Å². The van der Waals surface area contributed by atoms with E-state index in [2.05, 4.69) is 10.4 Å². The number of benzene rings is 1. The summed E-state index contributed by atoms with van der Waals surface area (Å²) in [6.07, 6.45) is 0.690. The number of piperidine rings is 1. The summed E-state index contributed by atoms with van der Waals surface area (Å²) in [6.45, 7) is 1.81. The topological polar surface area (TPSA) is 64.0 Å². The summed E-state index contributed by atoms with van der Waals surface area (Å²) in [6, 6.07) is 2.84. The Labute approximate surface area is 114 Å². The van der Waals surface area contributed by atoms with E-state index in [1.165, 1.54) is 12.1 Å². The number of imide groups is 1. The second kappa shape index (κ2) is 4.40. The highest BCUT2D eigenvalue weighted by atomic mass is 19.1. The van der Waals surface area contributed by atoms with Crippen LogP contribution in [0.3, 0.4) is 0 Å². The lowest BCUT2D eigenvalue weighted by molar-refractivity contribution is -0.134. The van der Waals surface area contributed by atoms with E-state index in [4.69, 9.17) is 0 Å². The lowest BCUT2D eigenvalue weighted by atomic mass is 9.92. The van der Waals surface area contributed by atoms with Crippen LogP contribution < -0.4 is 5.32 Å². The first-order valence-corrected chi connectivity index (χ1v) is 6.44. The van der Waals surface area contributed by atoms with Gasteiger partial charge in [-0.25, -0.2) is 4.39 Å². The van der Waals surface area contributed by atoms with Crippen LogP contribution in [0.15, 0.2) is 12.1 Å². The highest BCUT2D eigenvalue weighted by Gasteiger charge is 2.31. The molecule has 1 saturated heterocycles. The maximum absolute atomic E-state index is 13.6. The molecule has 1 aliphatic heterocycles. The van der Waals surface area contributed by atoms with Crippen molar-refractivity contribution in [3.05, 3.63) is 29.2 Å². The van der Waals surface area contributed by atoms with Gasteiger partial charge in [0.25, 0.3) is 0 Å². The van der Waals surface area contributed by atoms with Crippen LogP contribution in [-0.4, -0.2) is 21.6 Å². The standard InChI is InChI=1S/C14H14FN3O2/c1-7-5-8(15)6-10-12(17-18(2)13(7)10)9-3-4-11(19)16-14(9)20/h5-6,9H,3-4H2,1-2H3,(H,16,19,20). The van der Waals surface area contributed by atoms with Gasteiger partial charge in [-0.2, -0.15) is 5.10 Å². The van der Waals surface area contributed by atoms with Crippen molar-refractivity contribution in [3.8, 4) is 0 Å². The SMILES string of the molecule is Cc1cc(F)cc2c(C3CCC(=O)NC3=O)nn(C)c12. The van der Waals surface area contributed by atoms with Crippen molar-refractivity contribution in [2.45, 2.75) is 25.7 Å². The van der Waals surface area contributed by atoms with Gasteiger partial charge >= 0.3 is 0 Å². The van der Waals surface area contributed by atoms with E-state index in [-0.39, 0.29) is 24.1 Å². The normalized spacial score (nSPS) is 19.4. The second-order valence-electron chi connectivity index (χ2n) is 5.13. The van der Waals surface area contributed by atoms with Gasteiger partial charge in [0.15, 0.2) is 0 Å². The van der Waals surface area contributed by atoms with E-state index in [9.17, 15) is 14.0 Å². The number of halogens is 1. The lowest BCUT2D eigenvalue weighted by Gasteiger charge is -2.19. The minimum atomic E-state index is -0.502. The van der Waals surface area contributed by atoms with Crippen LogP contribution >= 0.6 is 0 Å². The Bertz CT molecular complexity index is 736. The number of fused-ring (bicyclic) bond motifs is 1. The van der Waals surface area contributed by atoms with Crippen molar-refractivity contribution in [1.29, 1.82) is 0 Å². The van der Waals surface area contributed by atoms with Gasteiger partial charge in [0.05, 0.1) is 17.1 Å². The van der Waals surface area contributed by atoms with E-state index in [0.717, 1.165) is 11.1 Å². The molecule has 1 fully saturated rings. The summed E-state index contributed by atoms with van der Waals surface area (Å²) in [5.74, 6) is -1.48. The molecular formula is C14H14FN3O2. The zero-order chi connectivity index (χ0) is 14.4. The Morgan fingerprint density at radius 2 is 2.15 bits per heavy atom. The molecule has 6 heteroatoms. The minimum absolute atomic E-state index is 0.270. The first-order valence-electron chi connectivity index (χ1n) is 6.44. The van der Waals surface area contributed by atoms with Gasteiger partial charge in [0, 0.05) is 18.9 Å². The Morgan fingerprint density at radius 1 is 1.40 bits per heavy atom. The maximum Gasteiger partial charge on any atom is 0.235 e. The molecule has 3 rings (SSSR count). The van der Waals surface area contributed by atoms with Crippen LogP contribution in [0.2, 0.25) is 0 Å². The van der Waals surface area contributed by atoms with Gasteiger partial charge < -0.3 is 0 Å². The summed E-state index contributed by atoms with van der Waals surface area (Å²) >= 11 is 0. The predicted molar refractivity (Wildman–Crippen MR) is 70.5 cm³/mol. The van der Waals surface area contributed by atoms with Gasteiger partial charge in [-0.3, -0.25) is 19.6 Å². The zero-order valence-electron chi connectivity index (χ0n) is 11.2. The number of nitrogens with one attached hydrogen (secondary N) is 1. The molecular weight excluding hydrogens is 261 g/mol. The molecule has 1 aromatic carbocycles. The van der Waals surface area contributed by atoms with Crippen LogP contribution in [-0.2, 0) is 16.6 Å². The molecule has 1 atom stereocenters. The molecule has 20 heavy (non-hydrogen) atoms. The van der Waals surface area contributed by atoms with Crippen molar-refractivity contribution in [2.75, 3.05) is 0 Å². The highest BCUT2D eigenvalue weighted by Crippen LogP contribution is 2.31. The van der Waals surface area contributed by atoms with Crippen molar-refractivity contribution in [1.82, 2.24) is 15.1 Å². The monoisotopic (exact) mass is 275 g/mol. The largest absolute Gasteiger partial charge is 0.296 e. The third-order valence-electron chi connectivity index (χ3n) is 3.69. The molecule has 2 aromatic rings. The van der Waals surface area contributed by atoms with Crippen LogP contribution in [0.1, 0.15) is 30.0 Å². The number of hydrogen-bond donors (Lipinski definition) is 1. The van der Waals surface area contributed by atoms with Crippen molar-refractivity contribution in [3.63, 3.8) is 0 Å². The van der Waals surface area contributed by atoms with E-state index in [0.29, 0.717) is 17.5 Å². The Kier molecular flexibility index (Phi) is 2.81. The van der Waals surface area contributed by atoms with Crippen LogP contribution in [0.5, 0.6) is 0 Å². The summed E-state index contributed by atoms with van der Waals surface area (Å²) in [7, 11) is 1.77. The first-order chi connectivity index (χ1) is 9.47. The molecule has 1 aromatic heterocycles. The molecule has 1 unspecified atom stereocenters. The number of aryl methyl sites for hydroxylation is 2. The number of carbonyl (C=O) groups is 2. The summed E-state index contributed by atoms with van der Waals surface area (Å²) in [4.78, 5) is 23.2. The molecule has 0 saturated carbocycles. The number of aromatic nitrogens is 2. The van der Waals surface area contributed by atoms with E-state index < -0.39 is 5.92 Å². The van der Waals surface area contributed by atoms with E-state index >= 15 is 0 Å². The molecule has 0 radical (unpaired) electrons. The Morgan fingerprint density at radius 3 is 2.85 bits per heavy atom. The summed E-state index contributed by atoms with van der Waals surface area (Å²) in [5, 5.41) is 7.32. The van der Waals surface area contributed by atoms with Gasteiger partial charge in [-0.05, 0) is 31.0 Å². The molecule has 2 heterocycles.